The van der Waals surface area contributed by atoms with Gasteiger partial charge in [-0.15, -0.1) is 0 Å². The average molecular weight is 180 g/mol. The molecule has 1 fully saturated rings. The molecule has 1 saturated heterocycles. The van der Waals surface area contributed by atoms with Crippen LogP contribution in [0.4, 0.5) is 0 Å². The summed E-state index contributed by atoms with van der Waals surface area (Å²) in [4.78, 5) is 0. The summed E-state index contributed by atoms with van der Waals surface area (Å²) in [6, 6.07) is 0. The van der Waals surface area contributed by atoms with Crippen LogP contribution < -0.4 is 0 Å². The van der Waals surface area contributed by atoms with Gasteiger partial charge in [-0.25, -0.2) is 0 Å². The second-order valence-electron chi connectivity index (χ2n) is 2.35. The summed E-state index contributed by atoms with van der Waals surface area (Å²) < 4.78 is 14.6. The zero-order valence-corrected chi connectivity index (χ0v) is 7.36. The Bertz CT molecular complexity index is 161. The zero-order valence-electron chi connectivity index (χ0n) is 6.54. The van der Waals surface area contributed by atoms with Gasteiger partial charge >= 0.3 is 0 Å². The van der Waals surface area contributed by atoms with Crippen molar-refractivity contribution in [1.82, 2.24) is 4.31 Å². The SMILES string of the molecule is C/C(O)=S(\[OH2+])N1CCOCC1. The minimum absolute atomic E-state index is 0.187. The molecule has 1 heterocycles. The molecule has 0 bridgehead atoms. The Morgan fingerprint density at radius 3 is 2.55 bits per heavy atom. The van der Waals surface area contributed by atoms with E-state index in [4.69, 9.17) is 14.4 Å². The molecule has 1 aliphatic heterocycles. The fourth-order valence-electron chi connectivity index (χ4n) is 0.916. The maximum Gasteiger partial charge on any atom is 0.192 e. The molecule has 5 heteroatoms. The number of rotatable bonds is 1. The number of nitrogens with zero attached hydrogens (tertiary/aromatic N) is 1. The van der Waals surface area contributed by atoms with E-state index in [0.29, 0.717) is 13.2 Å². The molecule has 3 N–H and O–H groups in total. The molecular formula is C6H14NO3S+. The van der Waals surface area contributed by atoms with Crippen molar-refractivity contribution in [2.45, 2.75) is 6.92 Å². The quantitative estimate of drug-likeness (QED) is 0.451. The summed E-state index contributed by atoms with van der Waals surface area (Å²) in [7, 11) is -0.833. The maximum absolute atomic E-state index is 9.03. The largest absolute Gasteiger partial charge is 0.379 e. The first-order valence-electron chi connectivity index (χ1n) is 3.52. The van der Waals surface area contributed by atoms with Crippen molar-refractivity contribution in [3.63, 3.8) is 0 Å². The van der Waals surface area contributed by atoms with E-state index in [1.54, 1.807) is 6.92 Å². The van der Waals surface area contributed by atoms with Crippen LogP contribution in [0.5, 0.6) is 0 Å². The van der Waals surface area contributed by atoms with Crippen LogP contribution in [0.2, 0.25) is 0 Å². The molecule has 1 aliphatic rings. The van der Waals surface area contributed by atoms with Gasteiger partial charge in [0.2, 0.25) is 0 Å². The first-order chi connectivity index (χ1) is 5.22. The topological polar surface area (TPSA) is 55.6 Å². The van der Waals surface area contributed by atoms with E-state index in [1.165, 1.54) is 0 Å². The third-order valence-electron chi connectivity index (χ3n) is 1.51. The van der Waals surface area contributed by atoms with Gasteiger partial charge in [-0.05, 0) is 6.92 Å². The fourth-order valence-corrected chi connectivity index (χ4v) is 1.80. The van der Waals surface area contributed by atoms with Crippen LogP contribution in [0.15, 0.2) is 0 Å². The predicted octanol–water partition coefficient (Wildman–Crippen LogP) is -0.150. The molecule has 0 saturated carbocycles. The highest BCUT2D eigenvalue weighted by Crippen LogP contribution is 2.16. The minimum Gasteiger partial charge on any atom is -0.379 e. The number of hydrogen-bond acceptors (Lipinski definition) is 2. The molecule has 0 aliphatic carbocycles. The lowest BCUT2D eigenvalue weighted by molar-refractivity contribution is 0.0749. The van der Waals surface area contributed by atoms with Crippen molar-refractivity contribution >= 4 is 16.0 Å². The molecule has 1 unspecified atom stereocenters. The van der Waals surface area contributed by atoms with Crippen LogP contribution >= 0.6 is 11.0 Å². The van der Waals surface area contributed by atoms with Gasteiger partial charge < -0.3 is 14.4 Å². The Hall–Kier alpha value is 0.0600. The Morgan fingerprint density at radius 1 is 1.55 bits per heavy atom. The van der Waals surface area contributed by atoms with E-state index in [1.807, 2.05) is 4.31 Å². The number of morpholine rings is 1. The summed E-state index contributed by atoms with van der Waals surface area (Å²) in [5.74, 6) is 0. The van der Waals surface area contributed by atoms with Gasteiger partial charge in [0.25, 0.3) is 0 Å². The molecule has 4 nitrogen and oxygen atoms in total. The van der Waals surface area contributed by atoms with Gasteiger partial charge in [0.1, 0.15) is 0 Å². The third-order valence-corrected chi connectivity index (χ3v) is 2.95. The van der Waals surface area contributed by atoms with Crippen molar-refractivity contribution in [3.05, 3.63) is 0 Å². The normalized spacial score (nSPS) is 24.8. The lowest BCUT2D eigenvalue weighted by Gasteiger charge is -2.23. The van der Waals surface area contributed by atoms with Gasteiger partial charge in [0, 0.05) is 13.1 Å². The van der Waals surface area contributed by atoms with Crippen molar-refractivity contribution < 1.29 is 14.4 Å². The van der Waals surface area contributed by atoms with Crippen LogP contribution in [0.25, 0.3) is 0 Å². The average Bonchev–Trinajstić information content (AvgIpc) is 2.05. The van der Waals surface area contributed by atoms with Gasteiger partial charge in [-0.1, -0.05) is 0 Å². The van der Waals surface area contributed by atoms with Gasteiger partial charge in [-0.2, -0.15) is 4.31 Å². The van der Waals surface area contributed by atoms with E-state index in [2.05, 4.69) is 0 Å². The Kier molecular flexibility index (Phi) is 3.47. The number of hydrogen-bond donors (Lipinski definition) is 1. The minimum atomic E-state index is -0.833. The number of aliphatic hydroxyl groups is 1. The second kappa shape index (κ2) is 4.18. The van der Waals surface area contributed by atoms with E-state index >= 15 is 0 Å². The molecule has 0 aromatic carbocycles. The first-order valence-corrected chi connectivity index (χ1v) is 4.71. The molecule has 0 aromatic heterocycles. The van der Waals surface area contributed by atoms with Crippen molar-refractivity contribution in [3.8, 4) is 0 Å². The van der Waals surface area contributed by atoms with Gasteiger partial charge in [0.15, 0.2) is 16.0 Å². The van der Waals surface area contributed by atoms with Crippen LogP contribution in [-0.2, 0) is 4.74 Å². The second-order valence-corrected chi connectivity index (χ2v) is 4.02. The molecule has 66 valence electrons. The molecule has 1 atom stereocenters. The van der Waals surface area contributed by atoms with Crippen molar-refractivity contribution in [2.24, 2.45) is 0 Å². The van der Waals surface area contributed by atoms with Crippen molar-refractivity contribution in [2.75, 3.05) is 26.3 Å². The van der Waals surface area contributed by atoms with E-state index in [0.717, 1.165) is 13.1 Å². The monoisotopic (exact) mass is 180 g/mol. The predicted molar refractivity (Wildman–Crippen MR) is 46.9 cm³/mol. The zero-order chi connectivity index (χ0) is 8.27. The van der Waals surface area contributed by atoms with Crippen LogP contribution in [-0.4, -0.2) is 45.3 Å². The molecule has 0 spiro atoms. The number of ether oxygens (including phenoxy) is 1. The van der Waals surface area contributed by atoms with Crippen LogP contribution in [0, 0.1) is 0 Å². The maximum atomic E-state index is 9.03. The highest BCUT2D eigenvalue weighted by Gasteiger charge is 2.17. The summed E-state index contributed by atoms with van der Waals surface area (Å²) >= 11 is 0. The molecule has 11 heavy (non-hydrogen) atoms. The molecule has 0 amide bonds. The van der Waals surface area contributed by atoms with E-state index < -0.39 is 11.0 Å². The fraction of sp³-hybridized carbons (Fsp3) is 0.833. The Balaban J connectivity index is 2.52. The van der Waals surface area contributed by atoms with Gasteiger partial charge in [0.05, 0.1) is 13.2 Å². The number of aliphatic hydroxyl groups excluding tert-OH is 1. The van der Waals surface area contributed by atoms with E-state index in [-0.39, 0.29) is 5.05 Å². The highest BCUT2D eigenvalue weighted by molar-refractivity contribution is 8.08. The Labute approximate surface area is 68.7 Å². The van der Waals surface area contributed by atoms with Crippen LogP contribution in [0.1, 0.15) is 6.92 Å². The van der Waals surface area contributed by atoms with Crippen LogP contribution in [0.3, 0.4) is 0 Å². The lowest BCUT2D eigenvalue weighted by Crippen LogP contribution is -2.33. The summed E-state index contributed by atoms with van der Waals surface area (Å²) in [6.45, 7) is 4.44. The summed E-state index contributed by atoms with van der Waals surface area (Å²) in [5, 5.41) is 9.22. The molecule has 1 rings (SSSR count). The molecular weight excluding hydrogens is 166 g/mol. The van der Waals surface area contributed by atoms with E-state index in [9.17, 15) is 0 Å². The first kappa shape index (κ1) is 9.15. The third kappa shape index (κ3) is 2.53. The standard InChI is InChI=1S/C6H13NO3S/c1-6(8)11(9)7-2-4-10-5-3-7/h8-9H,2-5H2,1H3/p+1. The molecule has 0 aromatic rings. The summed E-state index contributed by atoms with van der Waals surface area (Å²) in [6.07, 6.45) is 0. The van der Waals surface area contributed by atoms with Crippen molar-refractivity contribution in [1.29, 1.82) is 0 Å². The Morgan fingerprint density at radius 2 is 2.09 bits per heavy atom. The molecule has 0 radical (unpaired) electrons. The lowest BCUT2D eigenvalue weighted by atomic mass is 10.5. The highest BCUT2D eigenvalue weighted by atomic mass is 32.2. The van der Waals surface area contributed by atoms with Gasteiger partial charge in [-0.3, -0.25) is 0 Å². The summed E-state index contributed by atoms with van der Waals surface area (Å²) in [5.41, 5.74) is 0. The smallest absolute Gasteiger partial charge is 0.192 e.